The Hall–Kier alpha value is -1.97. The summed E-state index contributed by atoms with van der Waals surface area (Å²) in [6.07, 6.45) is 0. The maximum Gasteiger partial charge on any atom is 0.166 e. The lowest BCUT2D eigenvalue weighted by atomic mass is 10.0. The van der Waals surface area contributed by atoms with E-state index in [4.69, 9.17) is 0 Å². The van der Waals surface area contributed by atoms with Gasteiger partial charge in [-0.1, -0.05) is 12.1 Å². The summed E-state index contributed by atoms with van der Waals surface area (Å²) in [5.74, 6) is -3.05. The van der Waals surface area contributed by atoms with Crippen LogP contribution in [0.25, 0.3) is 11.1 Å². The fourth-order valence-corrected chi connectivity index (χ4v) is 1.60. The third-order valence-electron chi connectivity index (χ3n) is 2.47. The minimum Gasteiger partial charge on any atom is -0.508 e. The van der Waals surface area contributed by atoms with Gasteiger partial charge in [0, 0.05) is 11.6 Å². The van der Waals surface area contributed by atoms with Gasteiger partial charge in [-0.3, -0.25) is 0 Å². The van der Waals surface area contributed by atoms with Crippen molar-refractivity contribution < 1.29 is 18.3 Å². The second-order valence-corrected chi connectivity index (χ2v) is 3.76. The van der Waals surface area contributed by atoms with Crippen LogP contribution in [0.15, 0.2) is 30.3 Å². The first-order valence-corrected chi connectivity index (χ1v) is 4.93. The Balaban J connectivity index is 2.64. The molecule has 0 unspecified atom stereocenters. The Morgan fingerprint density at radius 1 is 0.941 bits per heavy atom. The van der Waals surface area contributed by atoms with Gasteiger partial charge in [-0.2, -0.15) is 0 Å². The van der Waals surface area contributed by atoms with E-state index in [-0.39, 0.29) is 22.4 Å². The number of aryl methyl sites for hydroxylation is 1. The van der Waals surface area contributed by atoms with Crippen molar-refractivity contribution in [2.75, 3.05) is 0 Å². The van der Waals surface area contributed by atoms with Gasteiger partial charge in [-0.15, -0.1) is 0 Å². The molecule has 0 bridgehead atoms. The first-order valence-electron chi connectivity index (χ1n) is 4.93. The molecule has 0 aliphatic carbocycles. The molecule has 0 saturated heterocycles. The van der Waals surface area contributed by atoms with Crippen molar-refractivity contribution in [1.29, 1.82) is 0 Å². The third kappa shape index (κ3) is 2.11. The lowest BCUT2D eigenvalue weighted by Crippen LogP contribution is -1.93. The highest BCUT2D eigenvalue weighted by molar-refractivity contribution is 5.66. The molecule has 1 nitrogen and oxygen atoms in total. The van der Waals surface area contributed by atoms with Crippen LogP contribution in [-0.4, -0.2) is 5.11 Å². The zero-order valence-electron chi connectivity index (χ0n) is 8.97. The summed E-state index contributed by atoms with van der Waals surface area (Å²) >= 11 is 0. The number of benzene rings is 2. The van der Waals surface area contributed by atoms with E-state index in [0.29, 0.717) is 0 Å². The van der Waals surface area contributed by atoms with Crippen LogP contribution < -0.4 is 0 Å². The first kappa shape index (κ1) is 11.5. The van der Waals surface area contributed by atoms with Crippen LogP contribution >= 0.6 is 0 Å². The van der Waals surface area contributed by atoms with Crippen molar-refractivity contribution in [1.82, 2.24) is 0 Å². The van der Waals surface area contributed by atoms with E-state index in [0.717, 1.165) is 12.1 Å². The quantitative estimate of drug-likeness (QED) is 0.801. The Labute approximate surface area is 96.1 Å². The number of hydrogen-bond donors (Lipinski definition) is 1. The predicted molar refractivity (Wildman–Crippen MR) is 58.2 cm³/mol. The summed E-state index contributed by atoms with van der Waals surface area (Å²) in [7, 11) is 0. The van der Waals surface area contributed by atoms with Crippen molar-refractivity contribution in [3.05, 3.63) is 53.3 Å². The average Bonchev–Trinajstić information content (AvgIpc) is 2.24. The zero-order chi connectivity index (χ0) is 12.6. The van der Waals surface area contributed by atoms with Crippen LogP contribution in [0.1, 0.15) is 5.56 Å². The maximum atomic E-state index is 13.6. The van der Waals surface area contributed by atoms with Gasteiger partial charge in [0.25, 0.3) is 0 Å². The Morgan fingerprint density at radius 2 is 1.65 bits per heavy atom. The van der Waals surface area contributed by atoms with Crippen LogP contribution in [0.3, 0.4) is 0 Å². The molecule has 17 heavy (non-hydrogen) atoms. The van der Waals surface area contributed by atoms with Crippen molar-refractivity contribution in [3.8, 4) is 16.9 Å². The van der Waals surface area contributed by atoms with Gasteiger partial charge in [0.05, 0.1) is 0 Å². The average molecular weight is 238 g/mol. The van der Waals surface area contributed by atoms with E-state index >= 15 is 0 Å². The lowest BCUT2D eigenvalue weighted by Gasteiger charge is -2.07. The molecule has 0 saturated carbocycles. The van der Waals surface area contributed by atoms with Gasteiger partial charge in [0.15, 0.2) is 11.6 Å². The van der Waals surface area contributed by atoms with Gasteiger partial charge < -0.3 is 5.11 Å². The first-order chi connectivity index (χ1) is 7.99. The van der Waals surface area contributed by atoms with Crippen molar-refractivity contribution in [2.45, 2.75) is 6.92 Å². The fraction of sp³-hybridized carbons (Fsp3) is 0.0769. The van der Waals surface area contributed by atoms with Gasteiger partial charge in [0.2, 0.25) is 0 Å². The summed E-state index contributed by atoms with van der Waals surface area (Å²) < 4.78 is 40.0. The van der Waals surface area contributed by atoms with Crippen LogP contribution in [0.4, 0.5) is 13.2 Å². The number of aromatic hydroxyl groups is 1. The number of halogens is 3. The molecule has 0 amide bonds. The molecule has 0 aliphatic rings. The highest BCUT2D eigenvalue weighted by Crippen LogP contribution is 2.29. The molecule has 0 heterocycles. The van der Waals surface area contributed by atoms with Crippen molar-refractivity contribution >= 4 is 0 Å². The maximum absolute atomic E-state index is 13.6. The molecule has 0 aliphatic heterocycles. The number of hydrogen-bond acceptors (Lipinski definition) is 1. The highest BCUT2D eigenvalue weighted by Gasteiger charge is 2.13. The summed E-state index contributed by atoms with van der Waals surface area (Å²) in [6, 6.07) is 5.85. The lowest BCUT2D eigenvalue weighted by molar-refractivity contribution is 0.469. The van der Waals surface area contributed by atoms with E-state index in [1.165, 1.54) is 25.1 Å². The molecule has 88 valence electrons. The number of phenolic OH excluding ortho intramolecular Hbond substituents is 1. The normalized spacial score (nSPS) is 10.6. The molecule has 2 aromatic carbocycles. The van der Waals surface area contributed by atoms with E-state index in [2.05, 4.69) is 0 Å². The van der Waals surface area contributed by atoms with Gasteiger partial charge in [-0.25, -0.2) is 13.2 Å². The van der Waals surface area contributed by atoms with Crippen molar-refractivity contribution in [3.63, 3.8) is 0 Å². The molecule has 0 spiro atoms. The molecule has 4 heteroatoms. The number of rotatable bonds is 1. The summed E-state index contributed by atoms with van der Waals surface area (Å²) in [6.45, 7) is 1.44. The zero-order valence-corrected chi connectivity index (χ0v) is 8.97. The van der Waals surface area contributed by atoms with E-state index in [1.54, 1.807) is 0 Å². The summed E-state index contributed by atoms with van der Waals surface area (Å²) in [5, 5.41) is 9.21. The minimum atomic E-state index is -1.05. The van der Waals surface area contributed by atoms with Crippen LogP contribution in [0.2, 0.25) is 0 Å². The monoisotopic (exact) mass is 238 g/mol. The smallest absolute Gasteiger partial charge is 0.166 e. The highest BCUT2D eigenvalue weighted by atomic mass is 19.2. The molecule has 2 aromatic rings. The Kier molecular flexibility index (Phi) is 2.79. The van der Waals surface area contributed by atoms with Crippen LogP contribution in [-0.2, 0) is 0 Å². The molecule has 0 atom stereocenters. The van der Waals surface area contributed by atoms with Gasteiger partial charge in [0.1, 0.15) is 11.6 Å². The molecule has 0 fully saturated rings. The predicted octanol–water partition coefficient (Wildman–Crippen LogP) is 3.78. The van der Waals surface area contributed by atoms with E-state index in [9.17, 15) is 18.3 Å². The molecule has 2 rings (SSSR count). The molecular formula is C13H9F3O. The summed E-state index contributed by atoms with van der Waals surface area (Å²) in [5.41, 5.74) is 0.189. The minimum absolute atomic E-state index is 0.0806. The second-order valence-electron chi connectivity index (χ2n) is 3.76. The van der Waals surface area contributed by atoms with Crippen LogP contribution in [0, 0.1) is 24.4 Å². The molecule has 1 N–H and O–H groups in total. The Bertz CT molecular complexity index is 559. The van der Waals surface area contributed by atoms with Gasteiger partial charge in [-0.05, 0) is 30.2 Å². The standard InChI is InChI=1S/C13H9F3O/c1-7-2-3-11(13(16)12(7)15)8-4-9(14)6-10(17)5-8/h2-6,17H,1H3. The molecular weight excluding hydrogens is 229 g/mol. The fourth-order valence-electron chi connectivity index (χ4n) is 1.60. The van der Waals surface area contributed by atoms with E-state index in [1.807, 2.05) is 0 Å². The SMILES string of the molecule is Cc1ccc(-c2cc(O)cc(F)c2)c(F)c1F. The largest absolute Gasteiger partial charge is 0.508 e. The van der Waals surface area contributed by atoms with Crippen molar-refractivity contribution in [2.24, 2.45) is 0 Å². The van der Waals surface area contributed by atoms with Gasteiger partial charge >= 0.3 is 0 Å². The molecule has 0 radical (unpaired) electrons. The second kappa shape index (κ2) is 4.13. The van der Waals surface area contributed by atoms with E-state index < -0.39 is 17.5 Å². The third-order valence-corrected chi connectivity index (χ3v) is 2.47. The number of phenols is 1. The summed E-state index contributed by atoms with van der Waals surface area (Å²) in [4.78, 5) is 0. The Morgan fingerprint density at radius 3 is 2.29 bits per heavy atom. The molecule has 0 aromatic heterocycles. The van der Waals surface area contributed by atoms with Crippen LogP contribution in [0.5, 0.6) is 5.75 Å². The topological polar surface area (TPSA) is 20.2 Å².